The van der Waals surface area contributed by atoms with Crippen molar-refractivity contribution in [2.24, 2.45) is 0 Å². The third kappa shape index (κ3) is 9.04. The number of ether oxygens (including phenoxy) is 1. The average Bonchev–Trinajstić information content (AvgIpc) is 3.05. The van der Waals surface area contributed by atoms with Gasteiger partial charge in [0, 0.05) is 29.0 Å². The van der Waals surface area contributed by atoms with Crippen molar-refractivity contribution in [1.29, 1.82) is 0 Å². The summed E-state index contributed by atoms with van der Waals surface area (Å²) < 4.78 is 5.49. The van der Waals surface area contributed by atoms with Crippen LogP contribution in [0.1, 0.15) is 75.8 Å². The molecular weight excluding hydrogens is 546 g/mol. The molecule has 1 unspecified atom stereocenters. The lowest BCUT2D eigenvalue weighted by Gasteiger charge is -2.32. The van der Waals surface area contributed by atoms with Gasteiger partial charge in [0.15, 0.2) is 0 Å². The van der Waals surface area contributed by atoms with E-state index in [1.807, 2.05) is 116 Å². The first kappa shape index (κ1) is 34.1. The largest absolute Gasteiger partial charge is 0.464 e. The highest BCUT2D eigenvalue weighted by Crippen LogP contribution is 2.27. The van der Waals surface area contributed by atoms with Crippen molar-refractivity contribution in [2.45, 2.75) is 72.0 Å². The van der Waals surface area contributed by atoms with Crippen molar-refractivity contribution in [2.75, 3.05) is 17.2 Å². The molecule has 0 bridgehead atoms. The maximum absolute atomic E-state index is 13.1. The fourth-order valence-corrected chi connectivity index (χ4v) is 5.51. The third-order valence-corrected chi connectivity index (χ3v) is 7.72. The quantitative estimate of drug-likeness (QED) is 0.151. The lowest BCUT2D eigenvalue weighted by atomic mass is 9.90. The standard InChI is InChI=1S/C36H39N3O3.2CH4/c1-2-25-42-36(41)34(27-13-7-4-8-14-27)38-30-21-17-28(18-22-30)37-29-19-23-31(24-20-29)39-35(40)33-16-10-9-15-32(33)26-11-5-3-6-12-26;;/h3-16,19-20,23-24,28,30,34,37-38H,2,17-18,21-22,25H2,1H3,(H,39,40);2*1H4. The van der Waals surface area contributed by atoms with Crippen molar-refractivity contribution in [3.8, 4) is 11.1 Å². The van der Waals surface area contributed by atoms with E-state index in [1.165, 1.54) is 0 Å². The summed E-state index contributed by atoms with van der Waals surface area (Å²) in [4.78, 5) is 26.0. The second-order valence-electron chi connectivity index (χ2n) is 10.8. The van der Waals surface area contributed by atoms with Crippen LogP contribution in [-0.2, 0) is 9.53 Å². The average molecular weight is 594 g/mol. The van der Waals surface area contributed by atoms with Crippen molar-refractivity contribution in [1.82, 2.24) is 5.32 Å². The highest BCUT2D eigenvalue weighted by atomic mass is 16.5. The Balaban J connectivity index is 0.00000264. The van der Waals surface area contributed by atoms with Gasteiger partial charge < -0.3 is 15.4 Å². The van der Waals surface area contributed by atoms with Crippen LogP contribution in [0.5, 0.6) is 0 Å². The zero-order chi connectivity index (χ0) is 29.1. The number of rotatable bonds is 11. The Morgan fingerprint density at radius 2 is 1.30 bits per heavy atom. The summed E-state index contributed by atoms with van der Waals surface area (Å²) in [5, 5.41) is 10.3. The topological polar surface area (TPSA) is 79.5 Å². The lowest BCUT2D eigenvalue weighted by Crippen LogP contribution is -2.42. The van der Waals surface area contributed by atoms with E-state index in [-0.39, 0.29) is 32.8 Å². The summed E-state index contributed by atoms with van der Waals surface area (Å²) in [5.74, 6) is -0.340. The van der Waals surface area contributed by atoms with E-state index in [0.717, 1.165) is 60.2 Å². The van der Waals surface area contributed by atoms with Crippen molar-refractivity contribution in [3.63, 3.8) is 0 Å². The Labute approximate surface area is 263 Å². The molecule has 6 heteroatoms. The first-order valence-corrected chi connectivity index (χ1v) is 14.9. The van der Waals surface area contributed by atoms with Gasteiger partial charge in [-0.15, -0.1) is 0 Å². The molecule has 1 fully saturated rings. The molecule has 1 amide bonds. The predicted molar refractivity (Wildman–Crippen MR) is 183 cm³/mol. The first-order valence-electron chi connectivity index (χ1n) is 14.9. The van der Waals surface area contributed by atoms with Crippen LogP contribution in [0.3, 0.4) is 0 Å². The van der Waals surface area contributed by atoms with E-state index in [2.05, 4.69) is 16.0 Å². The first-order chi connectivity index (χ1) is 20.6. The molecule has 1 atom stereocenters. The Bertz CT molecular complexity index is 1430. The van der Waals surface area contributed by atoms with E-state index < -0.39 is 6.04 Å². The van der Waals surface area contributed by atoms with E-state index in [1.54, 1.807) is 0 Å². The van der Waals surface area contributed by atoms with Crippen LogP contribution < -0.4 is 16.0 Å². The molecule has 4 aromatic rings. The fraction of sp³-hybridized carbons (Fsp3) is 0.316. The van der Waals surface area contributed by atoms with Gasteiger partial charge in [0.05, 0.1) is 6.61 Å². The molecule has 0 heterocycles. The molecule has 6 nitrogen and oxygen atoms in total. The number of carbonyl (C=O) groups is 2. The number of hydrogen-bond donors (Lipinski definition) is 3. The SMILES string of the molecule is C.C.CCCOC(=O)C(NC1CCC(Nc2ccc(NC(=O)c3ccccc3-c3ccccc3)cc2)CC1)c1ccccc1. The zero-order valence-corrected chi connectivity index (χ0v) is 24.1. The molecule has 1 aliphatic rings. The van der Waals surface area contributed by atoms with Crippen LogP contribution in [0.15, 0.2) is 109 Å². The van der Waals surface area contributed by atoms with Gasteiger partial charge in [-0.3, -0.25) is 10.1 Å². The summed E-state index contributed by atoms with van der Waals surface area (Å²) in [7, 11) is 0. The second-order valence-corrected chi connectivity index (χ2v) is 10.8. The van der Waals surface area contributed by atoms with E-state index >= 15 is 0 Å². The Morgan fingerprint density at radius 3 is 1.95 bits per heavy atom. The van der Waals surface area contributed by atoms with Crippen LogP contribution in [0, 0.1) is 0 Å². The fourth-order valence-electron chi connectivity index (χ4n) is 5.51. The predicted octanol–water partition coefficient (Wildman–Crippen LogP) is 8.89. The summed E-state index contributed by atoms with van der Waals surface area (Å²) in [5.41, 5.74) is 5.29. The smallest absolute Gasteiger partial charge is 0.327 e. The summed E-state index contributed by atoms with van der Waals surface area (Å²) in [6, 6.07) is 35.5. The molecule has 44 heavy (non-hydrogen) atoms. The minimum atomic E-state index is -0.449. The maximum Gasteiger partial charge on any atom is 0.327 e. The van der Waals surface area contributed by atoms with Crippen molar-refractivity contribution in [3.05, 3.63) is 120 Å². The molecule has 0 aromatic heterocycles. The molecule has 4 aromatic carbocycles. The summed E-state index contributed by atoms with van der Waals surface area (Å²) in [6.07, 6.45) is 4.74. The van der Waals surface area contributed by atoms with Crippen LogP contribution in [-0.4, -0.2) is 30.6 Å². The van der Waals surface area contributed by atoms with Gasteiger partial charge in [-0.1, -0.05) is 101 Å². The summed E-state index contributed by atoms with van der Waals surface area (Å²) in [6.45, 7) is 2.44. The van der Waals surface area contributed by atoms with Gasteiger partial charge >= 0.3 is 5.97 Å². The Kier molecular flexibility index (Phi) is 13.2. The molecule has 5 rings (SSSR count). The minimum Gasteiger partial charge on any atom is -0.464 e. The van der Waals surface area contributed by atoms with Crippen LogP contribution in [0.2, 0.25) is 0 Å². The van der Waals surface area contributed by atoms with Gasteiger partial charge in [-0.2, -0.15) is 0 Å². The van der Waals surface area contributed by atoms with Gasteiger partial charge in [-0.05, 0) is 79.1 Å². The number of amides is 1. The third-order valence-electron chi connectivity index (χ3n) is 7.72. The van der Waals surface area contributed by atoms with E-state index in [0.29, 0.717) is 18.2 Å². The van der Waals surface area contributed by atoms with Gasteiger partial charge in [0.2, 0.25) is 0 Å². The molecule has 3 N–H and O–H groups in total. The number of anilines is 2. The normalized spacial score (nSPS) is 16.4. The number of benzene rings is 4. The van der Waals surface area contributed by atoms with E-state index in [9.17, 15) is 9.59 Å². The van der Waals surface area contributed by atoms with Crippen molar-refractivity contribution >= 4 is 23.3 Å². The molecule has 1 saturated carbocycles. The molecule has 1 aliphatic carbocycles. The van der Waals surface area contributed by atoms with Crippen LogP contribution in [0.4, 0.5) is 11.4 Å². The van der Waals surface area contributed by atoms with Crippen LogP contribution in [0.25, 0.3) is 11.1 Å². The molecular formula is C38H47N3O3. The molecule has 0 saturated heterocycles. The maximum atomic E-state index is 13.1. The number of carbonyl (C=O) groups excluding carboxylic acids is 2. The molecule has 0 aliphatic heterocycles. The minimum absolute atomic E-state index is 0. The Hall–Kier alpha value is -4.42. The van der Waals surface area contributed by atoms with Gasteiger partial charge in [-0.25, -0.2) is 4.79 Å². The second kappa shape index (κ2) is 17.0. The zero-order valence-electron chi connectivity index (χ0n) is 24.1. The molecule has 0 spiro atoms. The highest BCUT2D eigenvalue weighted by Gasteiger charge is 2.28. The highest BCUT2D eigenvalue weighted by molar-refractivity contribution is 6.08. The number of esters is 1. The van der Waals surface area contributed by atoms with Gasteiger partial charge in [0.1, 0.15) is 6.04 Å². The van der Waals surface area contributed by atoms with Crippen molar-refractivity contribution < 1.29 is 14.3 Å². The van der Waals surface area contributed by atoms with Crippen LogP contribution >= 0.6 is 0 Å². The number of hydrogen-bond acceptors (Lipinski definition) is 5. The molecule has 0 radical (unpaired) electrons. The van der Waals surface area contributed by atoms with E-state index in [4.69, 9.17) is 4.74 Å². The van der Waals surface area contributed by atoms with Gasteiger partial charge in [0.25, 0.3) is 5.91 Å². The monoisotopic (exact) mass is 593 g/mol. The lowest BCUT2D eigenvalue weighted by molar-refractivity contribution is -0.146. The number of nitrogens with one attached hydrogen (secondary N) is 3. The Morgan fingerprint density at radius 1 is 0.727 bits per heavy atom. The summed E-state index contributed by atoms with van der Waals surface area (Å²) >= 11 is 0. The molecule has 232 valence electrons.